The van der Waals surface area contributed by atoms with Crippen molar-refractivity contribution in [2.45, 2.75) is 97.0 Å². The van der Waals surface area contributed by atoms with Crippen LogP contribution in [0.4, 0.5) is 0 Å². The van der Waals surface area contributed by atoms with E-state index in [1.165, 1.54) is 17.4 Å². The van der Waals surface area contributed by atoms with Gasteiger partial charge in [0.1, 0.15) is 18.1 Å². The predicted octanol–water partition coefficient (Wildman–Crippen LogP) is 0.275. The highest BCUT2D eigenvalue weighted by molar-refractivity contribution is 5.94. The molecule has 2 saturated heterocycles. The Morgan fingerprint density at radius 3 is 2.03 bits per heavy atom. The molecule has 6 N–H and O–H groups in total. The summed E-state index contributed by atoms with van der Waals surface area (Å²) >= 11 is 0. The van der Waals surface area contributed by atoms with Gasteiger partial charge in [-0.3, -0.25) is 19.2 Å². The minimum absolute atomic E-state index is 0.0636. The maximum absolute atomic E-state index is 13.1. The molecular formula is C23H43N5O5. The fourth-order valence-electron chi connectivity index (χ4n) is 3.62. The van der Waals surface area contributed by atoms with Gasteiger partial charge < -0.3 is 31.7 Å². The Labute approximate surface area is 197 Å². The smallest absolute Gasteiger partial charge is 0.246 e. The molecule has 190 valence electrons. The van der Waals surface area contributed by atoms with Crippen molar-refractivity contribution in [1.29, 1.82) is 0 Å². The van der Waals surface area contributed by atoms with E-state index in [-0.39, 0.29) is 24.3 Å². The molecule has 0 radical (unpaired) electrons. The molecule has 0 spiro atoms. The summed E-state index contributed by atoms with van der Waals surface area (Å²) in [4.78, 5) is 49.8. The highest BCUT2D eigenvalue weighted by Gasteiger charge is 2.43. The second-order valence-corrected chi connectivity index (χ2v) is 8.81. The molecule has 33 heavy (non-hydrogen) atoms. The molecule has 2 fully saturated rings. The second kappa shape index (κ2) is 15.4. The highest BCUT2D eigenvalue weighted by Crippen LogP contribution is 2.25. The molecule has 10 nitrogen and oxygen atoms in total. The molecule has 0 aromatic heterocycles. The first-order valence-electron chi connectivity index (χ1n) is 11.5. The number of primary amides is 1. The second-order valence-electron chi connectivity index (χ2n) is 8.81. The molecule has 0 aromatic rings. The van der Waals surface area contributed by atoms with Crippen molar-refractivity contribution in [1.82, 2.24) is 15.1 Å². The largest absolute Gasteiger partial charge is 0.391 e. The molecular weight excluding hydrogens is 426 g/mol. The maximum Gasteiger partial charge on any atom is 0.246 e. The summed E-state index contributed by atoms with van der Waals surface area (Å²) < 4.78 is 0. The van der Waals surface area contributed by atoms with E-state index >= 15 is 0 Å². The summed E-state index contributed by atoms with van der Waals surface area (Å²) in [6.45, 7) is 13.9. The quantitative estimate of drug-likeness (QED) is 0.323. The third-order valence-electron chi connectivity index (χ3n) is 5.47. The van der Waals surface area contributed by atoms with E-state index in [1.54, 1.807) is 4.90 Å². The number of nitrogens with two attached hydrogens (primary N) is 2. The molecule has 2 aliphatic heterocycles. The van der Waals surface area contributed by atoms with Crippen molar-refractivity contribution in [3.63, 3.8) is 0 Å². The number of hydrogen-bond donors (Lipinski definition) is 4. The number of aliphatic hydroxyl groups excluding tert-OH is 1. The van der Waals surface area contributed by atoms with E-state index < -0.39 is 30.1 Å². The van der Waals surface area contributed by atoms with Gasteiger partial charge in [0.25, 0.3) is 0 Å². The van der Waals surface area contributed by atoms with Crippen LogP contribution in [-0.2, 0) is 19.2 Å². The number of hydrogen-bond acceptors (Lipinski definition) is 6. The zero-order valence-electron chi connectivity index (χ0n) is 20.8. The first-order valence-corrected chi connectivity index (χ1v) is 11.5. The van der Waals surface area contributed by atoms with Crippen LogP contribution >= 0.6 is 0 Å². The van der Waals surface area contributed by atoms with Crippen molar-refractivity contribution >= 4 is 24.1 Å². The van der Waals surface area contributed by atoms with E-state index in [1.807, 2.05) is 27.7 Å². The number of nitrogens with zero attached hydrogens (tertiary/aromatic N) is 2. The summed E-state index contributed by atoms with van der Waals surface area (Å²) in [6, 6.07) is -2.04. The lowest BCUT2D eigenvalue weighted by atomic mass is 10.1. The van der Waals surface area contributed by atoms with Gasteiger partial charge in [-0.25, -0.2) is 0 Å². The van der Waals surface area contributed by atoms with Crippen LogP contribution in [0.3, 0.4) is 0 Å². The van der Waals surface area contributed by atoms with Gasteiger partial charge in [-0.15, -0.1) is 6.58 Å². The Hall–Kier alpha value is -2.46. The molecule has 0 aromatic carbocycles. The van der Waals surface area contributed by atoms with Crippen LogP contribution in [0.25, 0.3) is 0 Å². The molecule has 5 atom stereocenters. The van der Waals surface area contributed by atoms with Crippen LogP contribution in [0.5, 0.6) is 0 Å². The lowest BCUT2D eigenvalue weighted by Gasteiger charge is -2.32. The first-order chi connectivity index (χ1) is 15.4. The van der Waals surface area contributed by atoms with Gasteiger partial charge in [0.05, 0.1) is 6.10 Å². The Morgan fingerprint density at radius 1 is 1.12 bits per heavy atom. The minimum Gasteiger partial charge on any atom is -0.391 e. The highest BCUT2D eigenvalue weighted by atomic mass is 16.3. The topological polar surface area (TPSA) is 159 Å². The predicted molar refractivity (Wildman–Crippen MR) is 128 cm³/mol. The summed E-state index contributed by atoms with van der Waals surface area (Å²) in [6.07, 6.45) is 2.80. The van der Waals surface area contributed by atoms with Gasteiger partial charge >= 0.3 is 0 Å². The zero-order chi connectivity index (χ0) is 25.7. The minimum atomic E-state index is -1.04. The summed E-state index contributed by atoms with van der Waals surface area (Å²) in [7, 11) is 0. The SMILES string of the molecule is C=C(C)C.CCC(C)NC(=O)C1CCCN1C(=O)C1CCCN1C(=O)C(N)C(C)O.NC=O. The molecule has 2 heterocycles. The van der Waals surface area contributed by atoms with Crippen LogP contribution in [0, 0.1) is 0 Å². The molecule has 10 heteroatoms. The zero-order valence-corrected chi connectivity index (χ0v) is 20.8. The maximum atomic E-state index is 13.1. The number of likely N-dealkylation sites (tertiary alicyclic amines) is 2. The van der Waals surface area contributed by atoms with Crippen molar-refractivity contribution in [3.05, 3.63) is 12.2 Å². The normalized spacial score (nSPS) is 22.0. The number of aliphatic hydroxyl groups is 1. The molecule has 2 rings (SSSR count). The fraction of sp³-hybridized carbons (Fsp3) is 0.739. The van der Waals surface area contributed by atoms with Crippen molar-refractivity contribution in [2.24, 2.45) is 11.5 Å². The van der Waals surface area contributed by atoms with Gasteiger partial charge in [0, 0.05) is 19.1 Å². The lowest BCUT2D eigenvalue weighted by Crippen LogP contribution is -2.57. The van der Waals surface area contributed by atoms with Crippen LogP contribution in [-0.4, -0.2) is 82.4 Å². The van der Waals surface area contributed by atoms with Crippen LogP contribution in [0.1, 0.15) is 66.7 Å². The molecule has 4 amide bonds. The van der Waals surface area contributed by atoms with E-state index in [0.29, 0.717) is 32.4 Å². The van der Waals surface area contributed by atoms with E-state index in [0.717, 1.165) is 12.8 Å². The van der Waals surface area contributed by atoms with E-state index in [4.69, 9.17) is 10.5 Å². The molecule has 0 aliphatic carbocycles. The van der Waals surface area contributed by atoms with E-state index in [9.17, 15) is 19.5 Å². The van der Waals surface area contributed by atoms with Crippen LogP contribution < -0.4 is 16.8 Å². The molecule has 0 saturated carbocycles. The lowest BCUT2D eigenvalue weighted by molar-refractivity contribution is -0.148. The number of allylic oxidation sites excluding steroid dienone is 1. The summed E-state index contributed by atoms with van der Waals surface area (Å²) in [5.41, 5.74) is 11.1. The molecule has 5 unspecified atom stereocenters. The number of rotatable bonds is 6. The van der Waals surface area contributed by atoms with Gasteiger partial charge in [-0.1, -0.05) is 12.5 Å². The number of nitrogens with one attached hydrogen (secondary N) is 1. The number of carbonyl (C=O) groups excluding carboxylic acids is 4. The first kappa shape index (κ1) is 30.5. The average Bonchev–Trinajstić information content (AvgIpc) is 3.41. The van der Waals surface area contributed by atoms with Gasteiger partial charge in [-0.2, -0.15) is 0 Å². The van der Waals surface area contributed by atoms with Crippen molar-refractivity contribution in [2.75, 3.05) is 13.1 Å². The Balaban J connectivity index is 0.00000129. The Morgan fingerprint density at radius 2 is 1.58 bits per heavy atom. The third-order valence-corrected chi connectivity index (χ3v) is 5.47. The molecule has 2 aliphatic rings. The van der Waals surface area contributed by atoms with Crippen molar-refractivity contribution < 1.29 is 24.3 Å². The fourth-order valence-corrected chi connectivity index (χ4v) is 3.62. The average molecular weight is 470 g/mol. The summed E-state index contributed by atoms with van der Waals surface area (Å²) in [5.74, 6) is -0.715. The monoisotopic (exact) mass is 469 g/mol. The van der Waals surface area contributed by atoms with Gasteiger partial charge in [0.2, 0.25) is 24.1 Å². The number of carbonyl (C=O) groups is 4. The van der Waals surface area contributed by atoms with Crippen LogP contribution in [0.2, 0.25) is 0 Å². The van der Waals surface area contributed by atoms with Gasteiger partial charge in [0.15, 0.2) is 0 Å². The van der Waals surface area contributed by atoms with Gasteiger partial charge in [-0.05, 0) is 59.8 Å². The van der Waals surface area contributed by atoms with Crippen molar-refractivity contribution in [3.8, 4) is 0 Å². The third kappa shape index (κ3) is 9.91. The number of amides is 4. The Bertz CT molecular complexity index is 666. The van der Waals surface area contributed by atoms with Crippen LogP contribution in [0.15, 0.2) is 12.2 Å². The Kier molecular flexibility index (Phi) is 14.2. The standard InChI is InChI=1S/C18H32N4O4.C4H8.CH3NO/c1-4-11(2)20-16(24)13-7-5-9-21(13)17(25)14-8-6-10-22(14)18(26)15(19)12(3)23;1-4(2)3;2-1-3/h11-15,23H,4-10,19H2,1-3H3,(H,20,24);1H2,2-3H3;1H,(H2,2,3). The summed E-state index contributed by atoms with van der Waals surface area (Å²) in [5, 5.41) is 12.5. The molecule has 0 bridgehead atoms. The van der Waals surface area contributed by atoms with E-state index in [2.05, 4.69) is 17.6 Å².